The molecule has 7 nitrogen and oxygen atoms in total. The molecule has 1 fully saturated rings. The van der Waals surface area contributed by atoms with Crippen LogP contribution in [-0.2, 0) is 20.9 Å². The quantitative estimate of drug-likeness (QED) is 0.574. The number of carbonyl (C=O) groups is 2. The molecule has 1 heterocycles. The Morgan fingerprint density at radius 1 is 1.12 bits per heavy atom. The molecule has 0 unspecified atom stereocenters. The Balaban J connectivity index is 1.84. The lowest BCUT2D eigenvalue weighted by atomic mass is 9.89. The van der Waals surface area contributed by atoms with E-state index >= 15 is 0 Å². The second-order valence-corrected chi connectivity index (χ2v) is 8.96. The van der Waals surface area contributed by atoms with Gasteiger partial charge in [0.25, 0.3) is 0 Å². The van der Waals surface area contributed by atoms with Gasteiger partial charge in [-0.2, -0.15) is 0 Å². The Morgan fingerprint density at radius 3 is 2.55 bits per heavy atom. The molecular formula is C26H32O7. The van der Waals surface area contributed by atoms with Crippen molar-refractivity contribution in [1.29, 1.82) is 0 Å². The smallest absolute Gasteiger partial charge is 0.342 e. The van der Waals surface area contributed by atoms with E-state index in [2.05, 4.69) is 6.92 Å². The number of allylic oxidation sites excluding steroid dienone is 1. The average molecular weight is 457 g/mol. The first-order valence-electron chi connectivity index (χ1n) is 11.8. The molecule has 0 amide bonds. The van der Waals surface area contributed by atoms with Crippen LogP contribution in [-0.4, -0.2) is 36.9 Å². The summed E-state index contributed by atoms with van der Waals surface area (Å²) in [6.07, 6.45) is 5.52. The van der Waals surface area contributed by atoms with Crippen LogP contribution in [0, 0.1) is 5.92 Å². The van der Waals surface area contributed by atoms with Crippen molar-refractivity contribution >= 4 is 28.5 Å². The van der Waals surface area contributed by atoms with Crippen molar-refractivity contribution < 1.29 is 33.3 Å². The third-order valence-corrected chi connectivity index (χ3v) is 6.67. The van der Waals surface area contributed by atoms with E-state index in [1.54, 1.807) is 19.1 Å². The van der Waals surface area contributed by atoms with Crippen molar-refractivity contribution in [3.8, 4) is 5.75 Å². The van der Waals surface area contributed by atoms with Gasteiger partial charge in [-0.1, -0.05) is 6.92 Å². The molecule has 0 aliphatic heterocycles. The summed E-state index contributed by atoms with van der Waals surface area (Å²) in [5, 5.41) is 10.3. The molecule has 1 saturated carbocycles. The lowest BCUT2D eigenvalue weighted by molar-refractivity contribution is -0.138. The molecule has 4 rings (SSSR count). The molecule has 33 heavy (non-hydrogen) atoms. The van der Waals surface area contributed by atoms with E-state index in [1.165, 1.54) is 7.11 Å². The van der Waals surface area contributed by atoms with Gasteiger partial charge in [0.2, 0.25) is 0 Å². The van der Waals surface area contributed by atoms with E-state index in [0.29, 0.717) is 57.9 Å². The SMILES string of the molecule is CCOC(=O)C1=C(c2oc3c(OC)cc(CO)cc3c2C(=O)OC2CCC(C)CC2)CCC1. The van der Waals surface area contributed by atoms with Crippen LogP contribution in [0.4, 0.5) is 0 Å². The zero-order valence-corrected chi connectivity index (χ0v) is 19.6. The van der Waals surface area contributed by atoms with Crippen molar-refractivity contribution in [2.45, 2.75) is 71.5 Å². The number of hydrogen-bond acceptors (Lipinski definition) is 7. The summed E-state index contributed by atoms with van der Waals surface area (Å²) >= 11 is 0. The molecule has 2 aliphatic carbocycles. The topological polar surface area (TPSA) is 95.2 Å². The number of ether oxygens (including phenoxy) is 3. The Morgan fingerprint density at radius 2 is 1.88 bits per heavy atom. The largest absolute Gasteiger partial charge is 0.493 e. The van der Waals surface area contributed by atoms with Crippen LogP contribution in [0.3, 0.4) is 0 Å². The molecular weight excluding hydrogens is 424 g/mol. The Hall–Kier alpha value is -2.80. The Bertz CT molecular complexity index is 1070. The van der Waals surface area contributed by atoms with Crippen molar-refractivity contribution in [3.63, 3.8) is 0 Å². The van der Waals surface area contributed by atoms with Crippen LogP contribution in [0.15, 0.2) is 22.1 Å². The van der Waals surface area contributed by atoms with E-state index < -0.39 is 5.97 Å². The van der Waals surface area contributed by atoms with Gasteiger partial charge in [-0.25, -0.2) is 9.59 Å². The number of rotatable bonds is 7. The molecule has 0 spiro atoms. The van der Waals surface area contributed by atoms with Gasteiger partial charge in [0.15, 0.2) is 11.3 Å². The summed E-state index contributed by atoms with van der Waals surface area (Å²) in [7, 11) is 1.51. The number of esters is 2. The fraction of sp³-hybridized carbons (Fsp3) is 0.538. The molecule has 1 aromatic heterocycles. The van der Waals surface area contributed by atoms with Gasteiger partial charge in [0, 0.05) is 16.5 Å². The molecule has 0 atom stereocenters. The predicted octanol–water partition coefficient (Wildman–Crippen LogP) is 5.17. The van der Waals surface area contributed by atoms with E-state index in [4.69, 9.17) is 18.6 Å². The van der Waals surface area contributed by atoms with E-state index in [9.17, 15) is 14.7 Å². The van der Waals surface area contributed by atoms with Crippen LogP contribution in [0.5, 0.6) is 5.75 Å². The minimum Gasteiger partial charge on any atom is -0.493 e. The highest BCUT2D eigenvalue weighted by Gasteiger charge is 2.33. The zero-order valence-electron chi connectivity index (χ0n) is 19.6. The van der Waals surface area contributed by atoms with Crippen molar-refractivity contribution in [2.24, 2.45) is 5.92 Å². The molecule has 1 aromatic carbocycles. The number of aliphatic hydroxyl groups is 1. The van der Waals surface area contributed by atoms with Crippen LogP contribution in [0.25, 0.3) is 16.5 Å². The number of benzene rings is 1. The highest BCUT2D eigenvalue weighted by molar-refractivity contribution is 6.10. The maximum atomic E-state index is 13.5. The number of carbonyl (C=O) groups excluding carboxylic acids is 2. The third-order valence-electron chi connectivity index (χ3n) is 6.67. The van der Waals surface area contributed by atoms with Gasteiger partial charge in [0.05, 0.1) is 20.3 Å². The van der Waals surface area contributed by atoms with Gasteiger partial charge in [-0.05, 0) is 75.5 Å². The fourth-order valence-electron chi connectivity index (χ4n) is 4.88. The van der Waals surface area contributed by atoms with Gasteiger partial charge >= 0.3 is 11.9 Å². The first kappa shape index (κ1) is 23.4. The fourth-order valence-corrected chi connectivity index (χ4v) is 4.88. The average Bonchev–Trinajstić information content (AvgIpc) is 3.44. The molecule has 2 aromatic rings. The minimum atomic E-state index is -0.469. The Kier molecular flexibility index (Phi) is 7.08. The first-order valence-corrected chi connectivity index (χ1v) is 11.8. The lowest BCUT2D eigenvalue weighted by Gasteiger charge is -2.26. The van der Waals surface area contributed by atoms with Crippen LogP contribution in [0.1, 0.15) is 80.5 Å². The van der Waals surface area contributed by atoms with Crippen molar-refractivity contribution in [1.82, 2.24) is 0 Å². The molecule has 0 saturated heterocycles. The molecule has 2 aliphatic rings. The molecule has 0 radical (unpaired) electrons. The maximum absolute atomic E-state index is 13.5. The molecule has 7 heteroatoms. The number of furan rings is 1. The zero-order chi connectivity index (χ0) is 23.5. The second kappa shape index (κ2) is 10.00. The van der Waals surface area contributed by atoms with Crippen LogP contribution in [0.2, 0.25) is 0 Å². The summed E-state index contributed by atoms with van der Waals surface area (Å²) in [5.41, 5.74) is 2.50. The summed E-state index contributed by atoms with van der Waals surface area (Å²) in [6.45, 7) is 4.05. The summed E-state index contributed by atoms with van der Waals surface area (Å²) < 4.78 is 22.9. The van der Waals surface area contributed by atoms with E-state index in [-0.39, 0.29) is 30.9 Å². The van der Waals surface area contributed by atoms with Crippen molar-refractivity contribution in [2.75, 3.05) is 13.7 Å². The predicted molar refractivity (Wildman–Crippen MR) is 123 cm³/mol. The third kappa shape index (κ3) is 4.64. The molecule has 1 N–H and O–H groups in total. The van der Waals surface area contributed by atoms with Gasteiger partial charge in [0.1, 0.15) is 17.4 Å². The highest BCUT2D eigenvalue weighted by Crippen LogP contribution is 2.43. The first-order chi connectivity index (χ1) is 16.0. The van der Waals surface area contributed by atoms with E-state index in [0.717, 1.165) is 32.1 Å². The lowest BCUT2D eigenvalue weighted by Crippen LogP contribution is -2.24. The highest BCUT2D eigenvalue weighted by atomic mass is 16.5. The molecule has 0 bridgehead atoms. The van der Waals surface area contributed by atoms with Crippen molar-refractivity contribution in [3.05, 3.63) is 34.6 Å². The minimum absolute atomic E-state index is 0.142. The second-order valence-electron chi connectivity index (χ2n) is 8.96. The maximum Gasteiger partial charge on any atom is 0.342 e. The number of methoxy groups -OCH3 is 1. The van der Waals surface area contributed by atoms with E-state index in [1.807, 2.05) is 0 Å². The van der Waals surface area contributed by atoms with Crippen LogP contribution < -0.4 is 4.74 Å². The standard InChI is InChI=1S/C26H32O7/c1-4-31-25(28)19-7-5-6-18(19)24-22(26(29)32-17-10-8-15(2)9-11-17)20-12-16(14-27)13-21(30-3)23(20)33-24/h12-13,15,17,27H,4-11,14H2,1-3H3. The summed E-state index contributed by atoms with van der Waals surface area (Å²) in [5.74, 6) is 0.544. The summed E-state index contributed by atoms with van der Waals surface area (Å²) in [4.78, 5) is 26.1. The monoisotopic (exact) mass is 456 g/mol. The number of aliphatic hydroxyl groups excluding tert-OH is 1. The van der Waals surface area contributed by atoms with Crippen LogP contribution >= 0.6 is 0 Å². The number of fused-ring (bicyclic) bond motifs is 1. The number of hydrogen-bond donors (Lipinski definition) is 1. The Labute approximate surface area is 193 Å². The van der Waals surface area contributed by atoms with Gasteiger partial charge < -0.3 is 23.7 Å². The molecule has 178 valence electrons. The normalized spacial score (nSPS) is 20.8. The van der Waals surface area contributed by atoms with Gasteiger partial charge in [-0.3, -0.25) is 0 Å². The summed E-state index contributed by atoms with van der Waals surface area (Å²) in [6, 6.07) is 3.41. The van der Waals surface area contributed by atoms with Gasteiger partial charge in [-0.15, -0.1) is 0 Å².